The molecule has 0 aliphatic carbocycles. The topological polar surface area (TPSA) is 31.2 Å². The summed E-state index contributed by atoms with van der Waals surface area (Å²) in [7, 11) is 1.65. The maximum atomic E-state index is 12.7. The molecule has 23 heavy (non-hydrogen) atoms. The molecule has 0 unspecified atom stereocenters. The van der Waals surface area contributed by atoms with Gasteiger partial charge in [-0.2, -0.15) is 0 Å². The number of hydrogen-bond donors (Lipinski definition) is 0. The molecule has 0 aliphatic rings. The van der Waals surface area contributed by atoms with Crippen molar-refractivity contribution < 1.29 is 4.74 Å². The number of ether oxygens (including phenoxy) is 1. The largest absolute Gasteiger partial charge is 0.497 e. The SMILES string of the molecule is COc1ccc(Cn2c(=O)c(Br)c(C)c3cc(C)ccc32)cc1. The van der Waals surface area contributed by atoms with Crippen LogP contribution < -0.4 is 10.3 Å². The number of hydrogen-bond acceptors (Lipinski definition) is 2. The number of aromatic nitrogens is 1. The van der Waals surface area contributed by atoms with E-state index >= 15 is 0 Å². The smallest absolute Gasteiger partial charge is 0.265 e. The molecule has 3 nitrogen and oxygen atoms in total. The summed E-state index contributed by atoms with van der Waals surface area (Å²) >= 11 is 3.46. The fourth-order valence-corrected chi connectivity index (χ4v) is 3.19. The number of aryl methyl sites for hydroxylation is 2. The zero-order valence-corrected chi connectivity index (χ0v) is 15.0. The third kappa shape index (κ3) is 2.91. The molecule has 1 heterocycles. The first-order valence-electron chi connectivity index (χ1n) is 7.43. The third-order valence-corrected chi connectivity index (χ3v) is 5.04. The summed E-state index contributed by atoms with van der Waals surface area (Å²) in [5.41, 5.74) is 4.18. The van der Waals surface area contributed by atoms with E-state index in [1.165, 1.54) is 5.56 Å². The number of methoxy groups -OCH3 is 1. The fourth-order valence-electron chi connectivity index (χ4n) is 2.76. The predicted octanol–water partition coefficient (Wildman–Crippen LogP) is 4.44. The molecule has 0 saturated heterocycles. The maximum Gasteiger partial charge on any atom is 0.265 e. The van der Waals surface area contributed by atoms with Crippen molar-refractivity contribution >= 4 is 26.8 Å². The number of benzene rings is 2. The van der Waals surface area contributed by atoms with Crippen LogP contribution in [-0.4, -0.2) is 11.7 Å². The molecule has 0 atom stereocenters. The summed E-state index contributed by atoms with van der Waals surface area (Å²) in [6.07, 6.45) is 0. The van der Waals surface area contributed by atoms with Gasteiger partial charge in [-0.15, -0.1) is 0 Å². The highest BCUT2D eigenvalue weighted by atomic mass is 79.9. The number of pyridine rings is 1. The molecule has 118 valence electrons. The van der Waals surface area contributed by atoms with Crippen molar-refractivity contribution in [2.75, 3.05) is 7.11 Å². The van der Waals surface area contributed by atoms with Gasteiger partial charge < -0.3 is 9.30 Å². The number of rotatable bonds is 3. The van der Waals surface area contributed by atoms with Crippen LogP contribution in [0.5, 0.6) is 5.75 Å². The Morgan fingerprint density at radius 2 is 1.78 bits per heavy atom. The minimum atomic E-state index is -0.00493. The second-order valence-corrected chi connectivity index (χ2v) is 6.49. The number of fused-ring (bicyclic) bond motifs is 1. The molecule has 0 saturated carbocycles. The highest BCUT2D eigenvalue weighted by Crippen LogP contribution is 2.24. The average Bonchev–Trinajstić information content (AvgIpc) is 2.57. The van der Waals surface area contributed by atoms with Crippen molar-refractivity contribution in [3.8, 4) is 5.75 Å². The van der Waals surface area contributed by atoms with Gasteiger partial charge in [-0.05, 0) is 65.2 Å². The van der Waals surface area contributed by atoms with Gasteiger partial charge in [0.05, 0.1) is 23.6 Å². The van der Waals surface area contributed by atoms with Gasteiger partial charge in [0.15, 0.2) is 0 Å². The van der Waals surface area contributed by atoms with Gasteiger partial charge >= 0.3 is 0 Å². The highest BCUT2D eigenvalue weighted by molar-refractivity contribution is 9.10. The summed E-state index contributed by atoms with van der Waals surface area (Å²) in [4.78, 5) is 12.7. The Kier molecular flexibility index (Phi) is 4.26. The van der Waals surface area contributed by atoms with E-state index in [1.54, 1.807) is 7.11 Å². The van der Waals surface area contributed by atoms with Gasteiger partial charge in [-0.25, -0.2) is 0 Å². The first kappa shape index (κ1) is 15.8. The van der Waals surface area contributed by atoms with E-state index in [-0.39, 0.29) is 5.56 Å². The molecule has 0 bridgehead atoms. The van der Waals surface area contributed by atoms with Crippen LogP contribution in [0.25, 0.3) is 10.9 Å². The van der Waals surface area contributed by atoms with Crippen LogP contribution in [0.1, 0.15) is 16.7 Å². The molecule has 4 heteroatoms. The van der Waals surface area contributed by atoms with Crippen LogP contribution in [0, 0.1) is 13.8 Å². The molecule has 3 aromatic rings. The summed E-state index contributed by atoms with van der Waals surface area (Å²) in [5, 5.41) is 1.10. The van der Waals surface area contributed by atoms with Crippen LogP contribution in [0.15, 0.2) is 51.7 Å². The lowest BCUT2D eigenvalue weighted by Crippen LogP contribution is -2.23. The van der Waals surface area contributed by atoms with Crippen molar-refractivity contribution in [1.82, 2.24) is 4.57 Å². The lowest BCUT2D eigenvalue weighted by molar-refractivity contribution is 0.414. The summed E-state index contributed by atoms with van der Waals surface area (Å²) in [5.74, 6) is 0.812. The Labute approximate surface area is 143 Å². The van der Waals surface area contributed by atoms with E-state index < -0.39 is 0 Å². The molecule has 2 aromatic carbocycles. The zero-order valence-electron chi connectivity index (χ0n) is 13.4. The lowest BCUT2D eigenvalue weighted by atomic mass is 10.1. The standard InChI is InChI=1S/C19H18BrNO2/c1-12-4-9-17-16(10-12)13(2)18(20)19(22)21(17)11-14-5-7-15(23-3)8-6-14/h4-10H,11H2,1-3H3. The summed E-state index contributed by atoms with van der Waals surface area (Å²) in [6.45, 7) is 4.57. The molecule has 0 spiro atoms. The maximum absolute atomic E-state index is 12.7. The minimum Gasteiger partial charge on any atom is -0.497 e. The fraction of sp³-hybridized carbons (Fsp3) is 0.211. The second kappa shape index (κ2) is 6.20. The molecule has 0 N–H and O–H groups in total. The molecule has 3 rings (SSSR count). The second-order valence-electron chi connectivity index (χ2n) is 5.70. The molecular weight excluding hydrogens is 354 g/mol. The van der Waals surface area contributed by atoms with E-state index in [4.69, 9.17) is 4.74 Å². The molecule has 0 fully saturated rings. The highest BCUT2D eigenvalue weighted by Gasteiger charge is 2.12. The Balaban J connectivity index is 2.17. The average molecular weight is 372 g/mol. The van der Waals surface area contributed by atoms with Crippen molar-refractivity contribution in [1.29, 1.82) is 0 Å². The minimum absolute atomic E-state index is 0.00493. The first-order valence-corrected chi connectivity index (χ1v) is 8.22. The normalized spacial score (nSPS) is 11.0. The molecular formula is C19H18BrNO2. The van der Waals surface area contributed by atoms with Crippen molar-refractivity contribution in [2.24, 2.45) is 0 Å². The van der Waals surface area contributed by atoms with Gasteiger partial charge in [-0.1, -0.05) is 23.8 Å². The third-order valence-electron chi connectivity index (χ3n) is 4.11. The molecule has 1 aromatic heterocycles. The van der Waals surface area contributed by atoms with E-state index in [9.17, 15) is 4.79 Å². The van der Waals surface area contributed by atoms with E-state index in [1.807, 2.05) is 47.9 Å². The van der Waals surface area contributed by atoms with Gasteiger partial charge in [0, 0.05) is 5.39 Å². The first-order chi connectivity index (χ1) is 11.0. The van der Waals surface area contributed by atoms with Crippen LogP contribution in [0.4, 0.5) is 0 Å². The van der Waals surface area contributed by atoms with Crippen LogP contribution in [0.2, 0.25) is 0 Å². The van der Waals surface area contributed by atoms with E-state index in [0.29, 0.717) is 11.0 Å². The van der Waals surface area contributed by atoms with Gasteiger partial charge in [0.1, 0.15) is 5.75 Å². The molecule has 0 amide bonds. The van der Waals surface area contributed by atoms with Gasteiger partial charge in [0.25, 0.3) is 5.56 Å². The van der Waals surface area contributed by atoms with E-state index in [2.05, 4.69) is 28.9 Å². The Morgan fingerprint density at radius 1 is 1.09 bits per heavy atom. The lowest BCUT2D eigenvalue weighted by Gasteiger charge is -2.14. The Hall–Kier alpha value is -2.07. The van der Waals surface area contributed by atoms with Gasteiger partial charge in [-0.3, -0.25) is 4.79 Å². The van der Waals surface area contributed by atoms with Crippen molar-refractivity contribution in [2.45, 2.75) is 20.4 Å². The van der Waals surface area contributed by atoms with E-state index in [0.717, 1.165) is 27.8 Å². The number of nitrogens with zero attached hydrogens (tertiary/aromatic N) is 1. The molecule has 0 aliphatic heterocycles. The Bertz CT molecular complexity index is 927. The monoisotopic (exact) mass is 371 g/mol. The van der Waals surface area contributed by atoms with Crippen LogP contribution in [0.3, 0.4) is 0 Å². The summed E-state index contributed by atoms with van der Waals surface area (Å²) in [6, 6.07) is 14.0. The number of halogens is 1. The molecule has 0 radical (unpaired) electrons. The van der Waals surface area contributed by atoms with Gasteiger partial charge in [0.2, 0.25) is 0 Å². The zero-order chi connectivity index (χ0) is 16.6. The van der Waals surface area contributed by atoms with Crippen molar-refractivity contribution in [3.63, 3.8) is 0 Å². The van der Waals surface area contributed by atoms with Crippen LogP contribution in [-0.2, 0) is 6.54 Å². The van der Waals surface area contributed by atoms with Crippen LogP contribution >= 0.6 is 15.9 Å². The van der Waals surface area contributed by atoms with Crippen molar-refractivity contribution in [3.05, 3.63) is 74.0 Å². The predicted molar refractivity (Wildman–Crippen MR) is 97.5 cm³/mol. The quantitative estimate of drug-likeness (QED) is 0.681. The Morgan fingerprint density at radius 3 is 2.43 bits per heavy atom. The summed E-state index contributed by atoms with van der Waals surface area (Å²) < 4.78 is 7.63.